The van der Waals surface area contributed by atoms with Gasteiger partial charge in [0.15, 0.2) is 23.4 Å². The van der Waals surface area contributed by atoms with E-state index in [1.807, 2.05) is 0 Å². The molecule has 0 aliphatic rings. The molecule has 0 saturated carbocycles. The van der Waals surface area contributed by atoms with E-state index in [-0.39, 0.29) is 6.54 Å². The first kappa shape index (κ1) is 11.9. The molecule has 0 amide bonds. The zero-order valence-electron chi connectivity index (χ0n) is 7.19. The van der Waals surface area contributed by atoms with E-state index in [0.29, 0.717) is 0 Å². The number of carbonyl (C=O) groups excluding carboxylic acids is 1. The predicted molar refractivity (Wildman–Crippen MR) is 44.3 cm³/mol. The second-order valence-corrected chi connectivity index (χ2v) is 2.39. The summed E-state index contributed by atoms with van der Waals surface area (Å²) < 4.78 is 0. The van der Waals surface area contributed by atoms with Crippen molar-refractivity contribution in [2.75, 3.05) is 20.2 Å². The van der Waals surface area contributed by atoms with Crippen LogP contribution in [0.3, 0.4) is 0 Å². The molecule has 5 N–H and O–H groups in total. The average Bonchev–Trinajstić information content (AvgIpc) is 2.14. The lowest BCUT2D eigenvalue weighted by atomic mass is 10.2. The van der Waals surface area contributed by atoms with Crippen LogP contribution >= 0.6 is 0 Å². The lowest BCUT2D eigenvalue weighted by Gasteiger charge is -2.09. The van der Waals surface area contributed by atoms with Crippen LogP contribution in [0.1, 0.15) is 0 Å². The molecule has 1 unspecified atom stereocenters. The van der Waals surface area contributed by atoms with Gasteiger partial charge in [0.25, 0.3) is 0 Å². The van der Waals surface area contributed by atoms with Gasteiger partial charge in [-0.05, 0) is 7.05 Å². The lowest BCUT2D eigenvalue weighted by Crippen LogP contribution is -2.32. The Morgan fingerprint density at radius 2 is 2.00 bits per heavy atom. The zero-order chi connectivity index (χ0) is 10.4. The first-order valence-electron chi connectivity index (χ1n) is 3.61. The Bertz CT molecular complexity index is 213. The van der Waals surface area contributed by atoms with Crippen molar-refractivity contribution in [2.24, 2.45) is 0 Å². The van der Waals surface area contributed by atoms with Gasteiger partial charge in [-0.3, -0.25) is 4.79 Å². The third-order valence-corrected chi connectivity index (χ3v) is 1.36. The number of nitrogens with one attached hydrogen (secondary N) is 1. The van der Waals surface area contributed by atoms with Crippen LogP contribution in [0.2, 0.25) is 0 Å². The highest BCUT2D eigenvalue weighted by molar-refractivity contribution is 5.87. The molecule has 0 aromatic rings. The van der Waals surface area contributed by atoms with Crippen LogP contribution in [0.25, 0.3) is 0 Å². The van der Waals surface area contributed by atoms with Gasteiger partial charge >= 0.3 is 0 Å². The monoisotopic (exact) mass is 191 g/mol. The molecule has 0 rings (SSSR count). The highest BCUT2D eigenvalue weighted by atomic mass is 16.4. The van der Waals surface area contributed by atoms with Gasteiger partial charge in [0, 0.05) is 0 Å². The maximum Gasteiger partial charge on any atom is 0.182 e. The summed E-state index contributed by atoms with van der Waals surface area (Å²) in [6.07, 6.45) is -1.79. The maximum absolute atomic E-state index is 10.9. The van der Waals surface area contributed by atoms with Crippen molar-refractivity contribution in [3.8, 4) is 0 Å². The minimum Gasteiger partial charge on any atom is -0.506 e. The number of hydrogen-bond donors (Lipinski definition) is 5. The summed E-state index contributed by atoms with van der Waals surface area (Å²) in [6, 6.07) is 0. The summed E-state index contributed by atoms with van der Waals surface area (Å²) in [5, 5.41) is 37.6. The SMILES string of the molecule is CNCC(=O)C(O)/C(O)=C(/O)CO. The van der Waals surface area contributed by atoms with Gasteiger partial charge in [-0.15, -0.1) is 0 Å². The minimum atomic E-state index is -1.79. The third kappa shape index (κ3) is 3.41. The Hall–Kier alpha value is -1.11. The fraction of sp³-hybridized carbons (Fsp3) is 0.571. The fourth-order valence-electron chi connectivity index (χ4n) is 0.662. The summed E-state index contributed by atoms with van der Waals surface area (Å²) in [6.45, 7) is -0.959. The van der Waals surface area contributed by atoms with Gasteiger partial charge in [0.1, 0.15) is 6.61 Å². The van der Waals surface area contributed by atoms with Crippen molar-refractivity contribution >= 4 is 5.78 Å². The molecule has 0 aromatic carbocycles. The molecule has 0 aliphatic carbocycles. The molecule has 0 radical (unpaired) electrons. The van der Waals surface area contributed by atoms with E-state index in [2.05, 4.69) is 5.32 Å². The number of rotatable bonds is 5. The average molecular weight is 191 g/mol. The first-order valence-corrected chi connectivity index (χ1v) is 3.61. The molecule has 6 nitrogen and oxygen atoms in total. The molecule has 1 atom stereocenters. The molecule has 6 heteroatoms. The third-order valence-electron chi connectivity index (χ3n) is 1.36. The van der Waals surface area contributed by atoms with E-state index in [0.717, 1.165) is 0 Å². The van der Waals surface area contributed by atoms with Gasteiger partial charge < -0.3 is 25.7 Å². The van der Waals surface area contributed by atoms with E-state index < -0.39 is 30.0 Å². The van der Waals surface area contributed by atoms with Crippen LogP contribution in [-0.4, -0.2) is 52.5 Å². The molecule has 0 spiro atoms. The number of Topliss-reactive ketones (excluding diaryl/α,β-unsaturated/α-hetero) is 1. The maximum atomic E-state index is 10.9. The number of likely N-dealkylation sites (N-methyl/N-ethyl adjacent to an activating group) is 1. The van der Waals surface area contributed by atoms with Gasteiger partial charge in [-0.1, -0.05) is 0 Å². The summed E-state index contributed by atoms with van der Waals surface area (Å²) in [4.78, 5) is 10.9. The molecule has 76 valence electrons. The van der Waals surface area contributed by atoms with Gasteiger partial charge in [0.2, 0.25) is 0 Å². The summed E-state index contributed by atoms with van der Waals surface area (Å²) in [5.74, 6) is -2.42. The van der Waals surface area contributed by atoms with Crippen molar-refractivity contribution in [1.29, 1.82) is 0 Å². The zero-order valence-corrected chi connectivity index (χ0v) is 7.19. The van der Waals surface area contributed by atoms with Crippen molar-refractivity contribution in [3.05, 3.63) is 11.5 Å². The van der Waals surface area contributed by atoms with Crippen LogP contribution in [-0.2, 0) is 4.79 Å². The molecular formula is C7H13NO5. The van der Waals surface area contributed by atoms with Gasteiger partial charge in [-0.25, -0.2) is 0 Å². The van der Waals surface area contributed by atoms with Crippen LogP contribution < -0.4 is 5.32 Å². The van der Waals surface area contributed by atoms with E-state index >= 15 is 0 Å². The number of aliphatic hydroxyl groups excluding tert-OH is 4. The number of aliphatic hydroxyl groups is 4. The number of hydrogen-bond acceptors (Lipinski definition) is 6. The summed E-state index contributed by atoms with van der Waals surface area (Å²) in [5.41, 5.74) is 0. The van der Waals surface area contributed by atoms with E-state index in [9.17, 15) is 4.79 Å². The van der Waals surface area contributed by atoms with Crippen molar-refractivity contribution in [1.82, 2.24) is 5.32 Å². The van der Waals surface area contributed by atoms with Crippen molar-refractivity contribution < 1.29 is 25.2 Å². The highest BCUT2D eigenvalue weighted by Crippen LogP contribution is 2.03. The molecule has 0 aromatic heterocycles. The smallest absolute Gasteiger partial charge is 0.182 e. The minimum absolute atomic E-state index is 0.135. The van der Waals surface area contributed by atoms with Crippen LogP contribution in [0, 0.1) is 0 Å². The second kappa shape index (κ2) is 5.52. The van der Waals surface area contributed by atoms with Gasteiger partial charge in [-0.2, -0.15) is 0 Å². The molecule has 0 saturated heterocycles. The Labute approximate surface area is 75.1 Å². The second-order valence-electron chi connectivity index (χ2n) is 2.39. The molecule has 0 heterocycles. The van der Waals surface area contributed by atoms with E-state index in [4.69, 9.17) is 20.4 Å². The van der Waals surface area contributed by atoms with Crippen LogP contribution in [0.4, 0.5) is 0 Å². The fourth-order valence-corrected chi connectivity index (χ4v) is 0.662. The molecular weight excluding hydrogens is 178 g/mol. The van der Waals surface area contributed by atoms with Gasteiger partial charge in [0.05, 0.1) is 6.54 Å². The Morgan fingerprint density at radius 3 is 2.38 bits per heavy atom. The Kier molecular flexibility index (Phi) is 5.05. The van der Waals surface area contributed by atoms with Crippen LogP contribution in [0.15, 0.2) is 11.5 Å². The summed E-state index contributed by atoms with van der Waals surface area (Å²) >= 11 is 0. The standard InChI is InChI=1S/C7H13NO5/c1-8-2-4(10)6(12)7(13)5(11)3-9/h6,8-9,11-13H,2-3H2,1H3/b7-5-. The van der Waals surface area contributed by atoms with Crippen molar-refractivity contribution in [2.45, 2.75) is 6.10 Å². The topological polar surface area (TPSA) is 110 Å². The van der Waals surface area contributed by atoms with E-state index in [1.54, 1.807) is 0 Å². The quantitative estimate of drug-likeness (QED) is 0.337. The predicted octanol–water partition coefficient (Wildman–Crippen LogP) is -1.54. The molecule has 0 aliphatic heterocycles. The first-order chi connectivity index (χ1) is 6.04. The number of carbonyl (C=O) groups is 1. The molecule has 0 bridgehead atoms. The summed E-state index contributed by atoms with van der Waals surface area (Å²) in [7, 11) is 1.50. The normalized spacial score (nSPS) is 15.0. The largest absolute Gasteiger partial charge is 0.506 e. The molecule has 0 fully saturated rings. The highest BCUT2D eigenvalue weighted by Gasteiger charge is 2.21. The van der Waals surface area contributed by atoms with Crippen molar-refractivity contribution in [3.63, 3.8) is 0 Å². The number of ketones is 1. The van der Waals surface area contributed by atoms with E-state index in [1.165, 1.54) is 7.05 Å². The van der Waals surface area contributed by atoms with Crippen LogP contribution in [0.5, 0.6) is 0 Å². The Morgan fingerprint density at radius 1 is 1.46 bits per heavy atom. The lowest BCUT2D eigenvalue weighted by molar-refractivity contribution is -0.125. The Balaban J connectivity index is 4.41. The molecule has 13 heavy (non-hydrogen) atoms.